The highest BCUT2D eigenvalue weighted by Crippen LogP contribution is 2.34. The molecule has 0 bridgehead atoms. The van der Waals surface area contributed by atoms with Crippen LogP contribution in [0.5, 0.6) is 5.75 Å². The molecule has 0 unspecified atom stereocenters. The van der Waals surface area contributed by atoms with Gasteiger partial charge in [-0.1, -0.05) is 0 Å². The first kappa shape index (κ1) is 16.5. The van der Waals surface area contributed by atoms with Gasteiger partial charge in [0.1, 0.15) is 5.75 Å². The van der Waals surface area contributed by atoms with Crippen LogP contribution >= 0.6 is 0 Å². The maximum Gasteiger partial charge on any atom is 0.247 e. The van der Waals surface area contributed by atoms with Gasteiger partial charge >= 0.3 is 0 Å². The normalized spacial score (nSPS) is 21.5. The van der Waals surface area contributed by atoms with Gasteiger partial charge in [-0.05, 0) is 31.2 Å². The third-order valence-electron chi connectivity index (χ3n) is 5.06. The average molecular weight is 345 g/mol. The van der Waals surface area contributed by atoms with Crippen LogP contribution < -0.4 is 4.74 Å². The Kier molecular flexibility index (Phi) is 4.45. The van der Waals surface area contributed by atoms with Crippen molar-refractivity contribution in [2.24, 2.45) is 0 Å². The Balaban J connectivity index is 1.42. The van der Waals surface area contributed by atoms with Gasteiger partial charge in [-0.15, -0.1) is 10.2 Å². The Labute approximate surface area is 146 Å². The largest absolute Gasteiger partial charge is 0.497 e. The molecule has 2 aliphatic rings. The minimum absolute atomic E-state index is 0.0678. The third-order valence-corrected chi connectivity index (χ3v) is 5.06. The number of nitrogens with zero attached hydrogens (tertiary/aromatic N) is 3. The van der Waals surface area contributed by atoms with E-state index in [0.717, 1.165) is 37.2 Å². The summed E-state index contributed by atoms with van der Waals surface area (Å²) in [5.74, 6) is 1.60. The topological polar surface area (TPSA) is 69.9 Å². The molecule has 1 atom stereocenters. The second kappa shape index (κ2) is 6.74. The minimum atomic E-state index is -0.362. The molecule has 7 nitrogen and oxygen atoms in total. The van der Waals surface area contributed by atoms with Crippen molar-refractivity contribution in [3.05, 3.63) is 30.2 Å². The second-order valence-corrected chi connectivity index (χ2v) is 6.49. The molecule has 2 saturated heterocycles. The molecule has 2 aliphatic heterocycles. The number of hydrogen-bond acceptors (Lipinski definition) is 7. The number of likely N-dealkylation sites (tertiary alicyclic amines) is 1. The van der Waals surface area contributed by atoms with Gasteiger partial charge in [0.05, 0.1) is 26.4 Å². The third kappa shape index (κ3) is 3.27. The second-order valence-electron chi connectivity index (χ2n) is 6.49. The van der Waals surface area contributed by atoms with Crippen molar-refractivity contribution >= 4 is 0 Å². The van der Waals surface area contributed by atoms with Gasteiger partial charge in [0.2, 0.25) is 11.8 Å². The van der Waals surface area contributed by atoms with Crippen molar-refractivity contribution in [2.75, 3.05) is 33.4 Å². The zero-order valence-corrected chi connectivity index (χ0v) is 14.6. The van der Waals surface area contributed by atoms with Crippen LogP contribution in [0.25, 0.3) is 11.5 Å². The summed E-state index contributed by atoms with van der Waals surface area (Å²) < 4.78 is 22.7. The molecule has 0 N–H and O–H groups in total. The summed E-state index contributed by atoms with van der Waals surface area (Å²) >= 11 is 0. The molecular formula is C18H23N3O4. The summed E-state index contributed by atoms with van der Waals surface area (Å²) in [6.07, 6.45) is 1.74. The van der Waals surface area contributed by atoms with E-state index in [0.29, 0.717) is 25.0 Å². The van der Waals surface area contributed by atoms with E-state index in [4.69, 9.17) is 18.6 Å². The van der Waals surface area contributed by atoms with E-state index in [1.807, 2.05) is 24.3 Å². The van der Waals surface area contributed by atoms with Crippen LogP contribution in [0.15, 0.2) is 28.7 Å². The maximum absolute atomic E-state index is 5.91. The Morgan fingerprint density at radius 2 is 1.76 bits per heavy atom. The van der Waals surface area contributed by atoms with E-state index < -0.39 is 0 Å². The van der Waals surface area contributed by atoms with Gasteiger partial charge in [-0.3, -0.25) is 4.90 Å². The number of piperidine rings is 1. The van der Waals surface area contributed by atoms with E-state index in [9.17, 15) is 0 Å². The van der Waals surface area contributed by atoms with Gasteiger partial charge in [0.15, 0.2) is 5.79 Å². The molecular weight excluding hydrogens is 322 g/mol. The highest BCUT2D eigenvalue weighted by molar-refractivity contribution is 5.53. The highest BCUT2D eigenvalue weighted by Gasteiger charge is 2.41. The van der Waals surface area contributed by atoms with Gasteiger partial charge in [-0.2, -0.15) is 0 Å². The molecule has 1 aromatic carbocycles. The van der Waals surface area contributed by atoms with Gasteiger partial charge in [-0.25, -0.2) is 0 Å². The van der Waals surface area contributed by atoms with Crippen LogP contribution in [0.3, 0.4) is 0 Å². The fourth-order valence-corrected chi connectivity index (χ4v) is 3.45. The summed E-state index contributed by atoms with van der Waals surface area (Å²) in [5.41, 5.74) is 0.886. The van der Waals surface area contributed by atoms with Crippen LogP contribution in [0.4, 0.5) is 0 Å². The zero-order chi connectivity index (χ0) is 17.3. The van der Waals surface area contributed by atoms with Gasteiger partial charge < -0.3 is 18.6 Å². The Bertz CT molecular complexity index is 699. The molecule has 0 saturated carbocycles. The molecule has 7 heteroatoms. The van der Waals surface area contributed by atoms with Crippen LogP contribution in [0.2, 0.25) is 0 Å². The number of ether oxygens (including phenoxy) is 3. The van der Waals surface area contributed by atoms with E-state index >= 15 is 0 Å². The lowest BCUT2D eigenvalue weighted by Crippen LogP contribution is -2.45. The number of hydrogen-bond donors (Lipinski definition) is 0. The number of rotatable bonds is 4. The number of methoxy groups -OCH3 is 1. The fourth-order valence-electron chi connectivity index (χ4n) is 3.45. The van der Waals surface area contributed by atoms with Crippen LogP contribution in [0, 0.1) is 0 Å². The first-order chi connectivity index (χ1) is 12.2. The molecule has 1 spiro atoms. The molecule has 4 rings (SSSR count). The molecule has 0 amide bonds. The van der Waals surface area contributed by atoms with Crippen molar-refractivity contribution in [3.8, 4) is 17.2 Å². The predicted molar refractivity (Wildman–Crippen MR) is 90.1 cm³/mol. The van der Waals surface area contributed by atoms with E-state index in [1.54, 1.807) is 7.11 Å². The smallest absolute Gasteiger partial charge is 0.247 e. The van der Waals surface area contributed by atoms with Gasteiger partial charge in [0.25, 0.3) is 0 Å². The van der Waals surface area contributed by atoms with Crippen LogP contribution in [-0.4, -0.2) is 54.3 Å². The number of benzene rings is 1. The summed E-state index contributed by atoms with van der Waals surface area (Å²) in [6, 6.07) is 7.67. The molecule has 2 aromatic rings. The minimum Gasteiger partial charge on any atom is -0.497 e. The molecule has 25 heavy (non-hydrogen) atoms. The first-order valence-corrected chi connectivity index (χ1v) is 8.69. The predicted octanol–water partition coefficient (Wildman–Crippen LogP) is 2.65. The molecule has 0 radical (unpaired) electrons. The van der Waals surface area contributed by atoms with E-state index in [-0.39, 0.29) is 11.8 Å². The standard InChI is InChI=1S/C18H23N3O4/c1-13(21-9-7-18(8-10-21)23-11-12-24-18)16-19-20-17(25-16)14-3-5-15(22-2)6-4-14/h3-6,13H,7-12H2,1-2H3/t13-/m0/s1. The van der Waals surface area contributed by atoms with E-state index in [2.05, 4.69) is 22.0 Å². The SMILES string of the molecule is COc1ccc(-c2nnc([C@H](C)N3CCC4(CC3)OCCO4)o2)cc1. The zero-order valence-electron chi connectivity index (χ0n) is 14.6. The van der Waals surface area contributed by atoms with Crippen LogP contribution in [0.1, 0.15) is 31.7 Å². The van der Waals surface area contributed by atoms with E-state index in [1.165, 1.54) is 0 Å². The monoisotopic (exact) mass is 345 g/mol. The highest BCUT2D eigenvalue weighted by atomic mass is 16.7. The van der Waals surface area contributed by atoms with Crippen molar-refractivity contribution < 1.29 is 18.6 Å². The summed E-state index contributed by atoms with van der Waals surface area (Å²) in [7, 11) is 1.64. The van der Waals surface area contributed by atoms with Crippen molar-refractivity contribution in [1.82, 2.24) is 15.1 Å². The molecule has 2 fully saturated rings. The quantitative estimate of drug-likeness (QED) is 0.843. The lowest BCUT2D eigenvalue weighted by atomic mass is 10.0. The average Bonchev–Trinajstić information content (AvgIpc) is 3.32. The summed E-state index contributed by atoms with van der Waals surface area (Å²) in [4.78, 5) is 2.33. The van der Waals surface area contributed by atoms with Crippen molar-refractivity contribution in [3.63, 3.8) is 0 Å². The van der Waals surface area contributed by atoms with Crippen molar-refractivity contribution in [1.29, 1.82) is 0 Å². The lowest BCUT2D eigenvalue weighted by Gasteiger charge is -2.39. The van der Waals surface area contributed by atoms with Gasteiger partial charge in [0, 0.05) is 31.5 Å². The Morgan fingerprint density at radius 1 is 1.08 bits per heavy atom. The fraction of sp³-hybridized carbons (Fsp3) is 0.556. The number of aromatic nitrogens is 2. The Hall–Kier alpha value is -1.96. The molecule has 3 heterocycles. The lowest BCUT2D eigenvalue weighted by molar-refractivity contribution is -0.188. The maximum atomic E-state index is 5.91. The van der Waals surface area contributed by atoms with Crippen LogP contribution in [-0.2, 0) is 9.47 Å². The summed E-state index contributed by atoms with van der Waals surface area (Å²) in [6.45, 7) is 5.28. The molecule has 134 valence electrons. The molecule has 1 aromatic heterocycles. The van der Waals surface area contributed by atoms with Crippen molar-refractivity contribution in [2.45, 2.75) is 31.6 Å². The molecule has 0 aliphatic carbocycles. The first-order valence-electron chi connectivity index (χ1n) is 8.69. The Morgan fingerprint density at radius 3 is 2.40 bits per heavy atom. The summed E-state index contributed by atoms with van der Waals surface area (Å²) in [5, 5.41) is 8.44.